The lowest BCUT2D eigenvalue weighted by Gasteiger charge is -2.11. The van der Waals surface area contributed by atoms with E-state index >= 15 is 0 Å². The van der Waals surface area contributed by atoms with E-state index in [-0.39, 0.29) is 5.69 Å². The van der Waals surface area contributed by atoms with Gasteiger partial charge in [0.05, 0.1) is 11.4 Å². The molecule has 0 N–H and O–H groups in total. The molecule has 114 valence electrons. The Balaban J connectivity index is 2.03. The van der Waals surface area contributed by atoms with Gasteiger partial charge in [-0.2, -0.15) is 5.10 Å². The van der Waals surface area contributed by atoms with Crippen molar-refractivity contribution in [3.05, 3.63) is 81.0 Å². The normalized spacial score (nSPS) is 13.0. The van der Waals surface area contributed by atoms with E-state index in [0.29, 0.717) is 17.4 Å². The zero-order valence-electron chi connectivity index (χ0n) is 12.4. The fourth-order valence-corrected chi connectivity index (χ4v) is 3.07. The van der Waals surface area contributed by atoms with Gasteiger partial charge in [0.2, 0.25) is 0 Å². The van der Waals surface area contributed by atoms with Crippen LogP contribution in [0.2, 0.25) is 5.02 Å². The first-order valence-corrected chi connectivity index (χ1v) is 7.58. The summed E-state index contributed by atoms with van der Waals surface area (Å²) in [6.07, 6.45) is 0. The molecule has 0 unspecified atom stereocenters. The summed E-state index contributed by atoms with van der Waals surface area (Å²) in [6.45, 7) is 0.325. The van der Waals surface area contributed by atoms with E-state index in [0.717, 1.165) is 22.5 Å². The lowest BCUT2D eigenvalue weighted by atomic mass is 10.0. The van der Waals surface area contributed by atoms with Gasteiger partial charge < -0.3 is 0 Å². The Morgan fingerprint density at radius 2 is 1.74 bits per heavy atom. The molecule has 0 amide bonds. The van der Waals surface area contributed by atoms with E-state index in [9.17, 15) is 4.79 Å². The molecule has 2 heterocycles. The van der Waals surface area contributed by atoms with E-state index in [1.54, 1.807) is 11.6 Å². The maximum absolute atomic E-state index is 12.4. The highest BCUT2D eigenvalue weighted by atomic mass is 35.5. The van der Waals surface area contributed by atoms with Crippen LogP contribution in [0.3, 0.4) is 0 Å². The van der Waals surface area contributed by atoms with E-state index in [1.165, 1.54) is 4.68 Å². The minimum Gasteiger partial charge on any atom is -0.276 e. The molecule has 5 nitrogen and oxygen atoms in total. The van der Waals surface area contributed by atoms with Crippen LogP contribution < -0.4 is 5.69 Å². The van der Waals surface area contributed by atoms with E-state index in [1.807, 2.05) is 48.5 Å². The zero-order chi connectivity index (χ0) is 16.0. The van der Waals surface area contributed by atoms with Gasteiger partial charge in [-0.05, 0) is 12.1 Å². The van der Waals surface area contributed by atoms with Crippen LogP contribution in [0.1, 0.15) is 17.0 Å². The zero-order valence-corrected chi connectivity index (χ0v) is 13.2. The van der Waals surface area contributed by atoms with Crippen molar-refractivity contribution in [1.29, 1.82) is 0 Å². The fraction of sp³-hybridized carbons (Fsp3) is 0.118. The van der Waals surface area contributed by atoms with Gasteiger partial charge in [0.1, 0.15) is 6.54 Å². The number of aliphatic imine (C=N–C) groups is 1. The quantitative estimate of drug-likeness (QED) is 0.691. The highest BCUT2D eigenvalue weighted by molar-refractivity contribution is 6.35. The number of hydrogen-bond donors (Lipinski definition) is 0. The topological polar surface area (TPSA) is 52.2 Å². The van der Waals surface area contributed by atoms with Gasteiger partial charge >= 0.3 is 5.69 Å². The van der Waals surface area contributed by atoms with Gasteiger partial charge in [0.15, 0.2) is 5.82 Å². The van der Waals surface area contributed by atoms with Crippen molar-refractivity contribution in [2.45, 2.75) is 6.54 Å². The lowest BCUT2D eigenvalue weighted by Crippen LogP contribution is -2.23. The second kappa shape index (κ2) is 5.21. The van der Waals surface area contributed by atoms with Gasteiger partial charge in [-0.15, -0.1) is 0 Å². The summed E-state index contributed by atoms with van der Waals surface area (Å²) in [5.74, 6) is 0.618. The molecule has 1 aliphatic rings. The molecule has 0 radical (unpaired) electrons. The molecular formula is C17H13ClN4O. The summed E-state index contributed by atoms with van der Waals surface area (Å²) in [5, 5.41) is 4.92. The van der Waals surface area contributed by atoms with Crippen LogP contribution in [0.4, 0.5) is 0 Å². The molecule has 0 aliphatic carbocycles. The Kier molecular flexibility index (Phi) is 3.16. The molecule has 23 heavy (non-hydrogen) atoms. The first kappa shape index (κ1) is 14.0. The van der Waals surface area contributed by atoms with Gasteiger partial charge in [-0.1, -0.05) is 48.0 Å². The number of aromatic nitrogens is 3. The van der Waals surface area contributed by atoms with Crippen LogP contribution in [-0.2, 0) is 13.6 Å². The third-order valence-electron chi connectivity index (χ3n) is 3.90. The Morgan fingerprint density at radius 3 is 2.52 bits per heavy atom. The first-order chi connectivity index (χ1) is 11.2. The van der Waals surface area contributed by atoms with Gasteiger partial charge in [-0.3, -0.25) is 4.99 Å². The summed E-state index contributed by atoms with van der Waals surface area (Å²) in [4.78, 5) is 17.1. The van der Waals surface area contributed by atoms with Gasteiger partial charge in [0, 0.05) is 23.2 Å². The maximum Gasteiger partial charge on any atom is 0.350 e. The minimum atomic E-state index is -0.178. The van der Waals surface area contributed by atoms with E-state index < -0.39 is 0 Å². The average Bonchev–Trinajstić information content (AvgIpc) is 2.75. The fourth-order valence-electron chi connectivity index (χ4n) is 2.85. The molecule has 0 spiro atoms. The molecule has 0 atom stereocenters. The number of fused-ring (bicyclic) bond motifs is 3. The standard InChI is InChI=1S/C17H13ClN4O/c1-21-17(23)22-14-9-5-3-7-12(14)16(19-10-15(22)20-21)11-6-2-4-8-13(11)18/h2-9H,10H2,1H3. The predicted octanol–water partition coefficient (Wildman–Crippen LogP) is 2.58. The number of hydrogen-bond acceptors (Lipinski definition) is 3. The Hall–Kier alpha value is -2.66. The number of aryl methyl sites for hydroxylation is 1. The summed E-state index contributed by atoms with van der Waals surface area (Å²) >= 11 is 6.35. The van der Waals surface area contributed by atoms with Crippen molar-refractivity contribution >= 4 is 17.3 Å². The molecule has 6 heteroatoms. The van der Waals surface area contributed by atoms with Crippen LogP contribution in [0.25, 0.3) is 5.69 Å². The van der Waals surface area contributed by atoms with Crippen molar-refractivity contribution in [2.75, 3.05) is 0 Å². The second-order valence-electron chi connectivity index (χ2n) is 5.32. The largest absolute Gasteiger partial charge is 0.350 e. The van der Waals surface area contributed by atoms with Crippen molar-refractivity contribution < 1.29 is 0 Å². The van der Waals surface area contributed by atoms with Crippen molar-refractivity contribution in [3.8, 4) is 5.69 Å². The third kappa shape index (κ3) is 2.12. The molecule has 0 saturated heterocycles. The Bertz CT molecular complexity index is 1000. The SMILES string of the molecule is Cn1nc2n(c1=O)-c1ccccc1C(c1ccccc1Cl)=NC2. The molecule has 1 aliphatic heterocycles. The van der Waals surface area contributed by atoms with E-state index in [4.69, 9.17) is 11.6 Å². The van der Waals surface area contributed by atoms with Crippen molar-refractivity contribution in [2.24, 2.45) is 12.0 Å². The molecular weight excluding hydrogens is 312 g/mol. The van der Waals surface area contributed by atoms with Crippen molar-refractivity contribution in [1.82, 2.24) is 14.3 Å². The Morgan fingerprint density at radius 1 is 1.04 bits per heavy atom. The first-order valence-electron chi connectivity index (χ1n) is 7.21. The van der Waals surface area contributed by atoms with Crippen LogP contribution in [0.5, 0.6) is 0 Å². The molecule has 4 rings (SSSR count). The third-order valence-corrected chi connectivity index (χ3v) is 4.23. The van der Waals surface area contributed by atoms with E-state index in [2.05, 4.69) is 10.1 Å². The highest BCUT2D eigenvalue weighted by Gasteiger charge is 2.23. The smallest absolute Gasteiger partial charge is 0.276 e. The van der Waals surface area contributed by atoms with Crippen LogP contribution in [0.15, 0.2) is 58.3 Å². The van der Waals surface area contributed by atoms with Crippen molar-refractivity contribution in [3.63, 3.8) is 0 Å². The molecule has 2 aromatic carbocycles. The summed E-state index contributed by atoms with van der Waals surface area (Å²) in [7, 11) is 1.64. The maximum atomic E-state index is 12.4. The van der Waals surface area contributed by atoms with Crippen LogP contribution in [-0.4, -0.2) is 20.1 Å². The average molecular weight is 325 g/mol. The summed E-state index contributed by atoms with van der Waals surface area (Å²) in [5.41, 5.74) is 3.09. The lowest BCUT2D eigenvalue weighted by molar-refractivity contribution is 0.717. The highest BCUT2D eigenvalue weighted by Crippen LogP contribution is 2.26. The number of halogens is 1. The summed E-state index contributed by atoms with van der Waals surface area (Å²) in [6, 6.07) is 15.3. The number of para-hydroxylation sites is 1. The van der Waals surface area contributed by atoms with Crippen LogP contribution >= 0.6 is 11.6 Å². The monoisotopic (exact) mass is 324 g/mol. The minimum absolute atomic E-state index is 0.178. The Labute approximate surface area is 137 Å². The van der Waals surface area contributed by atoms with Gasteiger partial charge in [-0.25, -0.2) is 14.0 Å². The van der Waals surface area contributed by atoms with Crippen LogP contribution in [0, 0.1) is 0 Å². The molecule has 0 saturated carbocycles. The molecule has 1 aromatic heterocycles. The van der Waals surface area contributed by atoms with Gasteiger partial charge in [0.25, 0.3) is 0 Å². The number of rotatable bonds is 1. The number of benzene rings is 2. The molecule has 0 fully saturated rings. The molecule has 0 bridgehead atoms. The molecule has 3 aromatic rings. The summed E-state index contributed by atoms with van der Waals surface area (Å²) < 4.78 is 2.95. The second-order valence-corrected chi connectivity index (χ2v) is 5.73. The predicted molar refractivity (Wildman–Crippen MR) is 89.6 cm³/mol. The number of nitrogens with zero attached hydrogens (tertiary/aromatic N) is 4.